The van der Waals surface area contributed by atoms with Gasteiger partial charge in [-0.05, 0) is 161 Å². The van der Waals surface area contributed by atoms with Crippen molar-refractivity contribution in [2.75, 3.05) is 112 Å². The van der Waals surface area contributed by atoms with Crippen molar-refractivity contribution in [3.63, 3.8) is 0 Å². The summed E-state index contributed by atoms with van der Waals surface area (Å²) in [5.41, 5.74) is 5.33. The third-order valence-electron chi connectivity index (χ3n) is 18.8. The second-order valence-corrected chi connectivity index (χ2v) is 33.3. The molecule has 0 aliphatic carbocycles. The minimum Gasteiger partial charge on any atom is -0.479 e. The summed E-state index contributed by atoms with van der Waals surface area (Å²) >= 11 is 25.9. The highest BCUT2D eigenvalue weighted by atomic mass is 35.5. The fourth-order valence-electron chi connectivity index (χ4n) is 13.0. The number of thiazole rings is 1. The highest BCUT2D eigenvalue weighted by Gasteiger charge is 2.35. The molecule has 14 rings (SSSR count). The number of carbonyl (C=O) groups excluding carboxylic acids is 4. The van der Waals surface area contributed by atoms with Gasteiger partial charge in [0.2, 0.25) is 17.7 Å². The van der Waals surface area contributed by atoms with Gasteiger partial charge in [-0.2, -0.15) is 0 Å². The van der Waals surface area contributed by atoms with Crippen molar-refractivity contribution in [3.8, 4) is 5.75 Å². The Morgan fingerprint density at radius 2 is 1.16 bits per heavy atom. The van der Waals surface area contributed by atoms with E-state index in [1.165, 1.54) is 70.2 Å². The zero-order valence-electron chi connectivity index (χ0n) is 59.2. The number of hydrogen-bond acceptors (Lipinski definition) is 19. The molecule has 586 valence electrons. The van der Waals surface area contributed by atoms with Gasteiger partial charge in [0.25, 0.3) is 36.0 Å². The van der Waals surface area contributed by atoms with Crippen LogP contribution in [0.15, 0.2) is 197 Å². The van der Waals surface area contributed by atoms with E-state index in [-0.39, 0.29) is 98.9 Å². The molecule has 3 saturated heterocycles. The van der Waals surface area contributed by atoms with E-state index in [1.54, 1.807) is 79.0 Å². The van der Waals surface area contributed by atoms with Crippen LogP contribution < -0.4 is 38.5 Å². The number of pyridine rings is 1. The molecule has 110 heavy (non-hydrogen) atoms. The summed E-state index contributed by atoms with van der Waals surface area (Å²) in [7, 11) is -11.7. The number of halogens is 6. The van der Waals surface area contributed by atoms with Crippen LogP contribution in [-0.4, -0.2) is 179 Å². The molecule has 36 heteroatoms. The standard InChI is InChI=1S/C27H28ClF2N5O3S.C25H25ClN6O3S.C22H20Cl2N4O5S2.5H2/c1-18(35-10-2-3-19-15-20(28)4-9-25(19)35)27(36)34-13-11-33(12-14-34)22-5-7-23(8-6-22)39(37,38)32-26-24(30)16-21(29)17-31-26;1-18(32-12-10-19-3-2-4-22(26)24(19)32)25(33)31-15-13-30(14-16-31)20-5-7-21(8-6-20)36(34,35)29-23-9-11-27-17-28-23;1-14(33-18-4-2-3-17(23)20(18)24)21(30)27-10-11-28(19(29)13-27)15-5-7-16(8-6-15)35(31,32)26-22-25-9-12-34-22;;;;;/h4-9,15-18H,2-3,10-14H2,1H3,(H,31,32);2-12,17-18H,13-16H2,1H3,(H,27,28,29);2-9,12,14H,10-11,13H2,1H3,(H,25,26);5*1H/t18-;;;;;;;/m1......./s1. The third-order valence-corrected chi connectivity index (χ3v) is 25.0. The molecule has 4 aromatic heterocycles. The molecular weight excluding hydrogens is 1580 g/mol. The molecule has 4 aliphatic rings. The van der Waals surface area contributed by atoms with Crippen LogP contribution in [0.25, 0.3) is 10.9 Å². The lowest BCUT2D eigenvalue weighted by atomic mass is 10.00. The molecular formula is C74H83Cl4F2N15O11S4. The smallest absolute Gasteiger partial charge is 0.263 e. The Morgan fingerprint density at radius 3 is 1.75 bits per heavy atom. The van der Waals surface area contributed by atoms with Crippen molar-refractivity contribution in [1.82, 2.24) is 39.2 Å². The number of para-hydroxylation sites is 1. The van der Waals surface area contributed by atoms with Crippen LogP contribution in [0.4, 0.5) is 48.3 Å². The monoisotopic (exact) mass is 1660 g/mol. The van der Waals surface area contributed by atoms with Crippen LogP contribution in [0.1, 0.15) is 45.9 Å². The second kappa shape index (κ2) is 34.5. The molecule has 0 bridgehead atoms. The minimum absolute atomic E-state index is 0. The molecule has 6 aromatic carbocycles. The number of fused-ring (bicyclic) bond motifs is 2. The zero-order valence-corrected chi connectivity index (χ0v) is 65.5. The number of nitrogens with one attached hydrogen (secondary N) is 3. The number of hydrogen-bond donors (Lipinski definition) is 3. The topological polar surface area (TPSA) is 295 Å². The Labute approximate surface area is 665 Å². The first kappa shape index (κ1) is 79.6. The number of nitrogens with zero attached hydrogens (tertiary/aromatic N) is 12. The summed E-state index contributed by atoms with van der Waals surface area (Å²) in [4.78, 5) is 80.5. The summed E-state index contributed by atoms with van der Waals surface area (Å²) in [6, 6.07) is 38.6. The largest absolute Gasteiger partial charge is 0.479 e. The van der Waals surface area contributed by atoms with E-state index in [9.17, 15) is 53.2 Å². The quantitative estimate of drug-likeness (QED) is 0.0677. The SMILES string of the molecule is CC(C(=O)N1CCN(c2ccc(S(=O)(=O)Nc3ccncn3)cc2)CC1)n1ccc2cccc(Cl)c21.CC(Oc1cccc(Cl)c1Cl)C(=O)N1CCN(c2ccc(S(=O)(=O)Nc3nccs3)cc2)C(=O)C1.C[C@H](C(=O)N1CCN(c2ccc(S(=O)(=O)Nc3ncc(F)cc3F)cc2)CC1)N1CCCc2cc(Cl)ccc21.[HH].[HH].[HH].[HH].[HH]. The maximum Gasteiger partial charge on any atom is 0.263 e. The molecule has 3 atom stereocenters. The molecule has 4 aliphatic heterocycles. The number of aryl methyl sites for hydroxylation is 1. The number of benzene rings is 6. The number of aromatic nitrogens is 5. The lowest BCUT2D eigenvalue weighted by molar-refractivity contribution is -0.142. The molecule has 26 nitrogen and oxygen atoms in total. The Hall–Kier alpha value is -9.93. The Kier molecular flexibility index (Phi) is 25.0. The van der Waals surface area contributed by atoms with Gasteiger partial charge in [0.05, 0.1) is 36.4 Å². The number of sulfonamides is 3. The average molecular weight is 1670 g/mol. The van der Waals surface area contributed by atoms with Gasteiger partial charge >= 0.3 is 0 Å². The van der Waals surface area contributed by atoms with Gasteiger partial charge in [-0.1, -0.05) is 64.6 Å². The number of rotatable bonds is 19. The van der Waals surface area contributed by atoms with E-state index in [0.717, 1.165) is 59.1 Å². The van der Waals surface area contributed by atoms with Gasteiger partial charge in [0.1, 0.15) is 47.4 Å². The average Bonchev–Trinajstić information content (AvgIpc) is 0.950. The number of piperazine rings is 3. The van der Waals surface area contributed by atoms with Crippen LogP contribution in [0.5, 0.6) is 5.75 Å². The summed E-state index contributed by atoms with van der Waals surface area (Å²) in [6.45, 7) is 11.4. The fourth-order valence-corrected chi connectivity index (χ4v) is 17.6. The Balaban J connectivity index is 0.000000234. The maximum absolute atomic E-state index is 13.9. The second-order valence-electron chi connectivity index (χ2n) is 25.8. The van der Waals surface area contributed by atoms with Gasteiger partial charge in [-0.25, -0.2) is 54.0 Å². The molecule has 2 unspecified atom stereocenters. The van der Waals surface area contributed by atoms with Gasteiger partial charge < -0.3 is 43.6 Å². The van der Waals surface area contributed by atoms with Crippen molar-refractivity contribution in [2.45, 2.75) is 66.5 Å². The fraction of sp³-hybridized carbons (Fsp3) is 0.270. The molecule has 0 saturated carbocycles. The molecule has 4 amide bonds. The van der Waals surface area contributed by atoms with E-state index in [0.29, 0.717) is 79.2 Å². The molecule has 0 radical (unpaired) electrons. The number of ether oxygens (including phenoxy) is 1. The van der Waals surface area contributed by atoms with Crippen molar-refractivity contribution in [3.05, 3.63) is 219 Å². The molecule has 3 fully saturated rings. The van der Waals surface area contributed by atoms with E-state index >= 15 is 0 Å². The first-order valence-electron chi connectivity index (χ1n) is 34.5. The van der Waals surface area contributed by atoms with Gasteiger partial charge in [-0.15, -0.1) is 11.3 Å². The predicted octanol–water partition coefficient (Wildman–Crippen LogP) is 13.2. The lowest BCUT2D eigenvalue weighted by Crippen LogP contribution is -2.55. The van der Waals surface area contributed by atoms with E-state index < -0.39 is 53.6 Å². The summed E-state index contributed by atoms with van der Waals surface area (Å²) in [5.74, 6) is -2.63. The van der Waals surface area contributed by atoms with E-state index in [4.69, 9.17) is 51.1 Å². The maximum atomic E-state index is 13.9. The predicted molar refractivity (Wildman–Crippen MR) is 432 cm³/mol. The van der Waals surface area contributed by atoms with Crippen molar-refractivity contribution in [1.29, 1.82) is 0 Å². The van der Waals surface area contributed by atoms with Crippen molar-refractivity contribution >= 4 is 162 Å². The number of amides is 4. The van der Waals surface area contributed by atoms with Crippen LogP contribution in [0.3, 0.4) is 0 Å². The first-order valence-corrected chi connectivity index (χ1v) is 41.4. The van der Waals surface area contributed by atoms with Gasteiger partial charge in [0, 0.05) is 142 Å². The molecule has 8 heterocycles. The van der Waals surface area contributed by atoms with Gasteiger partial charge in [-0.3, -0.25) is 33.3 Å². The summed E-state index contributed by atoms with van der Waals surface area (Å²) in [5, 5.41) is 4.78. The van der Waals surface area contributed by atoms with Gasteiger partial charge in [0.15, 0.2) is 22.9 Å². The summed E-state index contributed by atoms with van der Waals surface area (Å²) in [6.07, 6.45) is 7.93. The lowest BCUT2D eigenvalue weighted by Gasteiger charge is -2.41. The zero-order chi connectivity index (χ0) is 78.2. The Bertz CT molecular complexity index is 5380. The number of carbonyl (C=O) groups is 4. The highest BCUT2D eigenvalue weighted by molar-refractivity contribution is 7.93. The van der Waals surface area contributed by atoms with Crippen LogP contribution >= 0.6 is 57.7 Å². The van der Waals surface area contributed by atoms with E-state index in [1.807, 2.05) is 81.6 Å². The third kappa shape index (κ3) is 18.7. The molecule has 10 aromatic rings. The van der Waals surface area contributed by atoms with Crippen molar-refractivity contribution in [2.24, 2.45) is 0 Å². The van der Waals surface area contributed by atoms with Crippen LogP contribution in [-0.2, 0) is 55.7 Å². The van der Waals surface area contributed by atoms with E-state index in [2.05, 4.69) is 44.1 Å². The first-order chi connectivity index (χ1) is 52.6. The van der Waals surface area contributed by atoms with Crippen LogP contribution in [0.2, 0.25) is 20.1 Å². The Morgan fingerprint density at radius 1 is 0.582 bits per heavy atom. The van der Waals surface area contributed by atoms with Crippen molar-refractivity contribution < 1.29 is 65.1 Å². The van der Waals surface area contributed by atoms with Crippen LogP contribution in [0, 0.1) is 11.6 Å². The number of anilines is 7. The highest BCUT2D eigenvalue weighted by Crippen LogP contribution is 2.36. The normalized spacial score (nSPS) is 15.6. The molecule has 3 N–H and O–H groups in total. The molecule has 0 spiro atoms. The minimum atomic E-state index is -4.12. The summed E-state index contributed by atoms with van der Waals surface area (Å²) < 4.78 is 117.